The van der Waals surface area contributed by atoms with Crippen molar-refractivity contribution < 1.29 is 9.90 Å². The van der Waals surface area contributed by atoms with Gasteiger partial charge in [0.2, 0.25) is 0 Å². The number of hydrogen-bond donors (Lipinski definition) is 2. The summed E-state index contributed by atoms with van der Waals surface area (Å²) >= 11 is 0. The molecule has 7 heteroatoms. The van der Waals surface area contributed by atoms with Gasteiger partial charge in [0.1, 0.15) is 0 Å². The number of aromatic nitrogens is 2. The molecule has 1 saturated heterocycles. The highest BCUT2D eigenvalue weighted by Gasteiger charge is 2.33. The van der Waals surface area contributed by atoms with Gasteiger partial charge in [-0.15, -0.1) is 0 Å². The maximum absolute atomic E-state index is 12.7. The van der Waals surface area contributed by atoms with E-state index >= 15 is 0 Å². The van der Waals surface area contributed by atoms with Gasteiger partial charge in [-0.05, 0) is 49.4 Å². The molecule has 0 bridgehead atoms. The highest BCUT2D eigenvalue weighted by Crippen LogP contribution is 2.28. The predicted molar refractivity (Wildman–Crippen MR) is 119 cm³/mol. The maximum atomic E-state index is 12.7. The molecule has 0 saturated carbocycles. The summed E-state index contributed by atoms with van der Waals surface area (Å²) in [6.45, 7) is 1.91. The van der Waals surface area contributed by atoms with Crippen LogP contribution in [-0.4, -0.2) is 45.2 Å². The third-order valence-electron chi connectivity index (χ3n) is 6.33. The van der Waals surface area contributed by atoms with Gasteiger partial charge in [-0.2, -0.15) is 0 Å². The standard InChI is InChI=1S/C24H27N3O4/c28-22-19-8-4-5-9-21(19)25-24(31)27(22)15-14-26-13-12-18(20(16-26)23(29)30)11-10-17-6-2-1-3-7-17/h1-9,18,20H,10-16H2,(H,25,31)(H,29,30). The smallest absolute Gasteiger partial charge is 0.328 e. The Balaban J connectivity index is 1.41. The van der Waals surface area contributed by atoms with E-state index in [-0.39, 0.29) is 18.0 Å². The number of hydrogen-bond acceptors (Lipinski definition) is 4. The van der Waals surface area contributed by atoms with Crippen molar-refractivity contribution in [3.63, 3.8) is 0 Å². The number of aliphatic carboxylic acids is 1. The van der Waals surface area contributed by atoms with Crippen molar-refractivity contribution in [2.24, 2.45) is 11.8 Å². The van der Waals surface area contributed by atoms with Gasteiger partial charge in [-0.3, -0.25) is 14.2 Å². The summed E-state index contributed by atoms with van der Waals surface area (Å²) in [4.78, 5) is 41.8. The minimum atomic E-state index is -0.775. The summed E-state index contributed by atoms with van der Waals surface area (Å²) in [6, 6.07) is 17.1. The number of nitrogens with one attached hydrogen (secondary N) is 1. The molecule has 3 aromatic rings. The lowest BCUT2D eigenvalue weighted by Gasteiger charge is -2.36. The Labute approximate surface area is 180 Å². The molecule has 1 fully saturated rings. The molecule has 0 amide bonds. The van der Waals surface area contributed by atoms with E-state index in [1.807, 2.05) is 18.2 Å². The molecule has 1 aliphatic heterocycles. The number of aryl methyl sites for hydroxylation is 1. The Kier molecular flexibility index (Phi) is 6.32. The average Bonchev–Trinajstić information content (AvgIpc) is 2.78. The largest absolute Gasteiger partial charge is 0.481 e. The Hall–Kier alpha value is -3.19. The number of carboxylic acid groups (broad SMARTS) is 1. The van der Waals surface area contributed by atoms with E-state index in [2.05, 4.69) is 22.0 Å². The van der Waals surface area contributed by atoms with Crippen LogP contribution in [0.25, 0.3) is 10.9 Å². The van der Waals surface area contributed by atoms with Gasteiger partial charge in [-0.1, -0.05) is 42.5 Å². The Morgan fingerprint density at radius 2 is 1.77 bits per heavy atom. The molecular weight excluding hydrogens is 394 g/mol. The van der Waals surface area contributed by atoms with E-state index in [1.54, 1.807) is 24.3 Å². The third-order valence-corrected chi connectivity index (χ3v) is 6.33. The Morgan fingerprint density at radius 3 is 2.55 bits per heavy atom. The number of carboxylic acids is 1. The first-order valence-electron chi connectivity index (χ1n) is 10.7. The second-order valence-electron chi connectivity index (χ2n) is 8.25. The van der Waals surface area contributed by atoms with Gasteiger partial charge in [0.25, 0.3) is 5.56 Å². The number of benzene rings is 2. The molecule has 0 aliphatic carbocycles. The van der Waals surface area contributed by atoms with Crippen molar-refractivity contribution in [1.82, 2.24) is 14.5 Å². The molecule has 2 unspecified atom stereocenters. The molecule has 2 atom stereocenters. The maximum Gasteiger partial charge on any atom is 0.328 e. The van der Waals surface area contributed by atoms with Crippen molar-refractivity contribution in [2.75, 3.05) is 19.6 Å². The van der Waals surface area contributed by atoms with Crippen LogP contribution in [0.4, 0.5) is 0 Å². The highest BCUT2D eigenvalue weighted by atomic mass is 16.4. The van der Waals surface area contributed by atoms with Crippen molar-refractivity contribution in [2.45, 2.75) is 25.8 Å². The topological polar surface area (TPSA) is 95.4 Å². The summed E-state index contributed by atoms with van der Waals surface area (Å²) in [5.74, 6) is -1.09. The normalized spacial score (nSPS) is 19.5. The lowest BCUT2D eigenvalue weighted by molar-refractivity contribution is -0.146. The van der Waals surface area contributed by atoms with Crippen molar-refractivity contribution >= 4 is 16.9 Å². The van der Waals surface area contributed by atoms with Gasteiger partial charge in [0.05, 0.1) is 16.8 Å². The van der Waals surface area contributed by atoms with Crippen LogP contribution in [0.3, 0.4) is 0 Å². The second kappa shape index (κ2) is 9.31. The molecule has 2 N–H and O–H groups in total. The second-order valence-corrected chi connectivity index (χ2v) is 8.25. The van der Waals surface area contributed by atoms with Crippen LogP contribution in [0, 0.1) is 11.8 Å². The van der Waals surface area contributed by atoms with E-state index < -0.39 is 17.6 Å². The fraction of sp³-hybridized carbons (Fsp3) is 0.375. The molecule has 162 valence electrons. The predicted octanol–water partition coefficient (Wildman–Crippen LogP) is 2.35. The molecule has 7 nitrogen and oxygen atoms in total. The average molecular weight is 421 g/mol. The van der Waals surface area contributed by atoms with E-state index in [4.69, 9.17) is 0 Å². The van der Waals surface area contributed by atoms with E-state index in [0.717, 1.165) is 25.8 Å². The first kappa shape index (κ1) is 21.1. The number of carbonyl (C=O) groups is 1. The summed E-state index contributed by atoms with van der Waals surface area (Å²) in [6.07, 6.45) is 2.52. The van der Waals surface area contributed by atoms with Crippen LogP contribution in [0.2, 0.25) is 0 Å². The van der Waals surface area contributed by atoms with Crippen molar-refractivity contribution in [3.05, 3.63) is 81.0 Å². The fourth-order valence-corrected chi connectivity index (χ4v) is 4.54. The van der Waals surface area contributed by atoms with Crippen LogP contribution in [0.15, 0.2) is 64.2 Å². The molecule has 1 aromatic heterocycles. The molecule has 2 aromatic carbocycles. The van der Waals surface area contributed by atoms with Gasteiger partial charge in [0, 0.05) is 19.6 Å². The Bertz CT molecular complexity index is 1170. The van der Waals surface area contributed by atoms with E-state index in [1.165, 1.54) is 10.1 Å². The van der Waals surface area contributed by atoms with Crippen LogP contribution in [-0.2, 0) is 17.8 Å². The number of H-pyrrole nitrogens is 1. The number of para-hydroxylation sites is 1. The summed E-state index contributed by atoms with van der Waals surface area (Å²) in [7, 11) is 0. The fourth-order valence-electron chi connectivity index (χ4n) is 4.54. The number of aromatic amines is 1. The van der Waals surface area contributed by atoms with Crippen LogP contribution in [0.5, 0.6) is 0 Å². The monoisotopic (exact) mass is 421 g/mol. The van der Waals surface area contributed by atoms with Gasteiger partial charge >= 0.3 is 11.7 Å². The summed E-state index contributed by atoms with van der Waals surface area (Å²) in [5, 5.41) is 10.3. The molecule has 0 spiro atoms. The first-order valence-corrected chi connectivity index (χ1v) is 10.7. The zero-order valence-corrected chi connectivity index (χ0v) is 17.4. The van der Waals surface area contributed by atoms with Crippen molar-refractivity contribution in [3.8, 4) is 0 Å². The first-order chi connectivity index (χ1) is 15.0. The lowest BCUT2D eigenvalue weighted by Crippen LogP contribution is -2.46. The van der Waals surface area contributed by atoms with Gasteiger partial charge in [-0.25, -0.2) is 4.79 Å². The minimum Gasteiger partial charge on any atom is -0.481 e. The quantitative estimate of drug-likeness (QED) is 0.611. The summed E-state index contributed by atoms with van der Waals surface area (Å²) < 4.78 is 1.21. The number of fused-ring (bicyclic) bond motifs is 1. The summed E-state index contributed by atoms with van der Waals surface area (Å²) in [5.41, 5.74) is 1.01. The molecular formula is C24H27N3O4. The van der Waals surface area contributed by atoms with Crippen LogP contribution in [0.1, 0.15) is 18.4 Å². The molecule has 4 rings (SSSR count). The molecule has 31 heavy (non-hydrogen) atoms. The van der Waals surface area contributed by atoms with E-state index in [0.29, 0.717) is 24.0 Å². The van der Waals surface area contributed by atoms with Crippen LogP contribution >= 0.6 is 0 Å². The van der Waals surface area contributed by atoms with Gasteiger partial charge < -0.3 is 15.0 Å². The zero-order chi connectivity index (χ0) is 21.8. The van der Waals surface area contributed by atoms with Gasteiger partial charge in [0.15, 0.2) is 0 Å². The number of likely N-dealkylation sites (tertiary alicyclic amines) is 1. The highest BCUT2D eigenvalue weighted by molar-refractivity contribution is 5.76. The number of nitrogens with zero attached hydrogens (tertiary/aromatic N) is 2. The Morgan fingerprint density at radius 1 is 1.03 bits per heavy atom. The SMILES string of the molecule is O=C(O)C1CN(CCn2c(=O)[nH]c3ccccc3c2=O)CCC1CCc1ccccc1. The minimum absolute atomic E-state index is 0.126. The molecule has 0 radical (unpaired) electrons. The molecule has 1 aliphatic rings. The van der Waals surface area contributed by atoms with Crippen molar-refractivity contribution in [1.29, 1.82) is 0 Å². The number of rotatable bonds is 7. The third kappa shape index (κ3) is 4.77. The number of piperidine rings is 1. The van der Waals surface area contributed by atoms with E-state index in [9.17, 15) is 19.5 Å². The lowest BCUT2D eigenvalue weighted by atomic mass is 9.81. The molecule has 2 heterocycles. The zero-order valence-electron chi connectivity index (χ0n) is 17.4. The van der Waals surface area contributed by atoms with Crippen LogP contribution < -0.4 is 11.2 Å².